The average Bonchev–Trinajstić information content (AvgIpc) is 3.58. The number of amides is 1. The Morgan fingerprint density at radius 1 is 1.15 bits per heavy atom. The summed E-state index contributed by atoms with van der Waals surface area (Å²) >= 11 is 1.45. The average molecular weight is 651 g/mol. The van der Waals surface area contributed by atoms with Crippen molar-refractivity contribution in [1.82, 2.24) is 19.7 Å². The zero-order valence-corrected chi connectivity index (χ0v) is 27.3. The van der Waals surface area contributed by atoms with E-state index in [-0.39, 0.29) is 47.9 Å². The highest BCUT2D eigenvalue weighted by molar-refractivity contribution is 7.17. The van der Waals surface area contributed by atoms with Gasteiger partial charge >= 0.3 is 6.09 Å². The Balaban J connectivity index is 1.40. The second kappa shape index (κ2) is 10.8. The summed E-state index contributed by atoms with van der Waals surface area (Å²) < 4.78 is 49.9. The van der Waals surface area contributed by atoms with Gasteiger partial charge in [0.05, 0.1) is 42.7 Å². The van der Waals surface area contributed by atoms with Gasteiger partial charge in [-0.15, -0.1) is 11.3 Å². The molecule has 3 aromatic heterocycles. The highest BCUT2D eigenvalue weighted by atomic mass is 32.1. The molecule has 1 amide bonds. The van der Waals surface area contributed by atoms with Crippen molar-refractivity contribution in [1.29, 1.82) is 0 Å². The smallest absolute Gasteiger partial charge is 0.410 e. The fourth-order valence-corrected chi connectivity index (χ4v) is 8.28. The molecule has 46 heavy (non-hydrogen) atoms. The summed E-state index contributed by atoms with van der Waals surface area (Å²) in [6.45, 7) is 8.46. The van der Waals surface area contributed by atoms with Crippen LogP contribution in [-0.4, -0.2) is 64.0 Å². The molecule has 0 spiro atoms. The maximum Gasteiger partial charge on any atom is 0.410 e. The highest BCUT2D eigenvalue weighted by Crippen LogP contribution is 2.73. The molecule has 3 fully saturated rings. The molecular formula is C34H36F2N4O5S. The molecule has 0 unspecified atom stereocenters. The summed E-state index contributed by atoms with van der Waals surface area (Å²) in [5, 5.41) is 7.76. The summed E-state index contributed by atoms with van der Waals surface area (Å²) in [4.78, 5) is 31.8. The lowest BCUT2D eigenvalue weighted by molar-refractivity contribution is -0.160. The molecule has 12 heteroatoms. The van der Waals surface area contributed by atoms with Gasteiger partial charge in [-0.25, -0.2) is 18.6 Å². The first-order valence-electron chi connectivity index (χ1n) is 15.4. The zero-order chi connectivity index (χ0) is 32.6. The van der Waals surface area contributed by atoms with Crippen molar-refractivity contribution in [2.24, 2.45) is 5.41 Å². The maximum absolute atomic E-state index is 16.0. The molecular weight excluding hydrogens is 614 g/mol. The van der Waals surface area contributed by atoms with Gasteiger partial charge in [-0.1, -0.05) is 0 Å². The molecule has 1 aromatic carbocycles. The second-order valence-corrected chi connectivity index (χ2v) is 14.8. The van der Waals surface area contributed by atoms with Gasteiger partial charge in [-0.05, 0) is 64.5 Å². The van der Waals surface area contributed by atoms with Crippen LogP contribution in [0.3, 0.4) is 0 Å². The minimum absolute atomic E-state index is 0.0409. The molecule has 4 aliphatic rings. The maximum atomic E-state index is 16.0. The third kappa shape index (κ3) is 4.97. The highest BCUT2D eigenvalue weighted by Gasteiger charge is 2.69. The van der Waals surface area contributed by atoms with Crippen LogP contribution in [-0.2, 0) is 32.8 Å². The molecule has 4 heterocycles. The first-order valence-corrected chi connectivity index (χ1v) is 16.3. The summed E-state index contributed by atoms with van der Waals surface area (Å²) in [5.41, 5.74) is 1.97. The van der Waals surface area contributed by atoms with E-state index in [2.05, 4.69) is 0 Å². The summed E-state index contributed by atoms with van der Waals surface area (Å²) in [6, 6.07) is 5.70. The van der Waals surface area contributed by atoms with Crippen LogP contribution in [0.1, 0.15) is 58.3 Å². The Morgan fingerprint density at radius 3 is 2.61 bits per heavy atom. The number of carbonyl (C=O) groups excluding carboxylic acids is 2. The van der Waals surface area contributed by atoms with Crippen molar-refractivity contribution in [3.05, 3.63) is 52.7 Å². The van der Waals surface area contributed by atoms with Gasteiger partial charge < -0.3 is 19.0 Å². The molecule has 1 aliphatic heterocycles. The topological polar surface area (TPSA) is 95.8 Å². The molecule has 0 N–H and O–H groups in total. The summed E-state index contributed by atoms with van der Waals surface area (Å²) in [5.74, 6) is -1.50. The van der Waals surface area contributed by atoms with Crippen molar-refractivity contribution < 1.29 is 32.6 Å². The van der Waals surface area contributed by atoms with E-state index in [4.69, 9.17) is 24.3 Å². The Hall–Kier alpha value is -3.90. The molecule has 3 aliphatic carbocycles. The summed E-state index contributed by atoms with van der Waals surface area (Å²) in [6.07, 6.45) is 2.82. The van der Waals surface area contributed by atoms with Crippen LogP contribution in [0.15, 0.2) is 29.6 Å². The lowest BCUT2D eigenvalue weighted by Crippen LogP contribution is -2.65. The van der Waals surface area contributed by atoms with E-state index in [1.165, 1.54) is 24.5 Å². The Labute approximate surface area is 269 Å². The second-order valence-electron chi connectivity index (χ2n) is 13.9. The molecule has 0 radical (unpaired) electrons. The number of ether oxygens (including phenoxy) is 3. The first kappa shape index (κ1) is 30.7. The number of rotatable bonds is 8. The Kier molecular flexibility index (Phi) is 7.24. The Morgan fingerprint density at radius 2 is 1.91 bits per heavy atom. The molecule has 4 aromatic rings. The van der Waals surface area contributed by atoms with Crippen molar-refractivity contribution >= 4 is 33.8 Å². The number of thiophene rings is 1. The number of pyridine rings is 1. The standard InChI is InChI=1S/C34H36F2N4O5S/c1-19-13-40-21(14-39(19)31(42)45-32(2,3)4)12-24(38-40)28-27(26-23(36)10-20(35)11-25(26)44-8-7-43-5)29-22(6-9-46-29)30(37-28)34-15-33(16-34,17-34)18-41/h6,9-12,18-19H,7-8,13-17H2,1-5H3/t19-,33?,34?/m1/s1. The van der Waals surface area contributed by atoms with E-state index < -0.39 is 23.3 Å². The van der Waals surface area contributed by atoms with Crippen LogP contribution in [0.25, 0.3) is 32.6 Å². The van der Waals surface area contributed by atoms with E-state index in [0.29, 0.717) is 23.5 Å². The normalized spacial score (nSPS) is 23.5. The third-order valence-electron chi connectivity index (χ3n) is 9.28. The molecule has 9 nitrogen and oxygen atoms in total. The van der Waals surface area contributed by atoms with Gasteiger partial charge in [0.1, 0.15) is 47.3 Å². The van der Waals surface area contributed by atoms with E-state index in [9.17, 15) is 14.0 Å². The quantitative estimate of drug-likeness (QED) is 0.151. The lowest BCUT2D eigenvalue weighted by atomic mass is 9.34. The van der Waals surface area contributed by atoms with Crippen LogP contribution in [0, 0.1) is 17.0 Å². The largest absolute Gasteiger partial charge is 0.490 e. The minimum atomic E-state index is -0.781. The van der Waals surface area contributed by atoms with Gasteiger partial charge in [0.2, 0.25) is 0 Å². The molecule has 3 saturated carbocycles. The lowest BCUT2D eigenvalue weighted by Gasteiger charge is -2.68. The third-order valence-corrected chi connectivity index (χ3v) is 10.2. The van der Waals surface area contributed by atoms with E-state index in [1.807, 2.05) is 49.9 Å². The molecule has 1 atom stereocenters. The van der Waals surface area contributed by atoms with Crippen LogP contribution >= 0.6 is 11.3 Å². The fraction of sp³-hybridized carbons (Fsp3) is 0.471. The van der Waals surface area contributed by atoms with Crippen molar-refractivity contribution in [2.45, 2.75) is 77.1 Å². The predicted octanol–water partition coefficient (Wildman–Crippen LogP) is 6.89. The van der Waals surface area contributed by atoms with Crippen LogP contribution in [0.5, 0.6) is 5.75 Å². The van der Waals surface area contributed by atoms with Crippen molar-refractivity contribution in [2.75, 3.05) is 20.3 Å². The number of aldehydes is 1. The van der Waals surface area contributed by atoms with E-state index >= 15 is 4.39 Å². The number of hydrogen-bond acceptors (Lipinski definition) is 8. The van der Waals surface area contributed by atoms with Crippen LogP contribution in [0.2, 0.25) is 0 Å². The van der Waals surface area contributed by atoms with Crippen molar-refractivity contribution in [3.63, 3.8) is 0 Å². The molecule has 0 saturated heterocycles. The fourth-order valence-electron chi connectivity index (χ4n) is 7.33. The number of hydrogen-bond donors (Lipinski definition) is 0. The van der Waals surface area contributed by atoms with Crippen LogP contribution < -0.4 is 4.74 Å². The number of nitrogens with zero attached hydrogens (tertiary/aromatic N) is 4. The van der Waals surface area contributed by atoms with Crippen molar-refractivity contribution in [3.8, 4) is 28.3 Å². The van der Waals surface area contributed by atoms with Gasteiger partial charge in [0.15, 0.2) is 0 Å². The molecule has 8 rings (SSSR count). The monoisotopic (exact) mass is 650 g/mol. The molecule has 2 bridgehead atoms. The molecule has 242 valence electrons. The summed E-state index contributed by atoms with van der Waals surface area (Å²) in [7, 11) is 1.53. The number of aromatic nitrogens is 3. The van der Waals surface area contributed by atoms with Gasteiger partial charge in [-0.2, -0.15) is 5.10 Å². The van der Waals surface area contributed by atoms with Gasteiger partial charge in [-0.3, -0.25) is 9.58 Å². The Bertz CT molecular complexity index is 1860. The number of methoxy groups -OCH3 is 1. The number of benzene rings is 1. The van der Waals surface area contributed by atoms with Gasteiger partial charge in [0.25, 0.3) is 0 Å². The zero-order valence-electron chi connectivity index (χ0n) is 26.5. The number of carbonyl (C=O) groups is 2. The number of fused-ring (bicyclic) bond motifs is 2. The predicted molar refractivity (Wildman–Crippen MR) is 169 cm³/mol. The van der Waals surface area contributed by atoms with Gasteiger partial charge in [0, 0.05) is 45.7 Å². The van der Waals surface area contributed by atoms with E-state index in [1.54, 1.807) is 4.90 Å². The van der Waals surface area contributed by atoms with E-state index in [0.717, 1.165) is 53.1 Å². The number of halogens is 2. The first-order chi connectivity index (χ1) is 21.9. The van der Waals surface area contributed by atoms with Crippen LogP contribution in [0.4, 0.5) is 13.6 Å². The minimum Gasteiger partial charge on any atom is -0.490 e. The SMILES string of the molecule is COCCOc1cc(F)cc(F)c1-c1c(-c2cc3n(n2)C[C@@H](C)N(C(=O)OC(C)(C)C)C3)nc(C23CC(C=O)(C2)C3)c2ccsc12.